The molecule has 2 heterocycles. The normalized spacial score (nSPS) is 16.8. The van der Waals surface area contributed by atoms with Gasteiger partial charge in [-0.1, -0.05) is 19.8 Å². The van der Waals surface area contributed by atoms with Crippen molar-refractivity contribution >= 4 is 16.9 Å². The highest BCUT2D eigenvalue weighted by Crippen LogP contribution is 2.40. The molecule has 0 aromatic carbocycles. The van der Waals surface area contributed by atoms with E-state index in [1.54, 1.807) is 0 Å². The topological polar surface area (TPSA) is 56.7 Å². The molecular weight excluding hydrogens is 248 g/mol. The van der Waals surface area contributed by atoms with Gasteiger partial charge in [-0.05, 0) is 45.1 Å². The lowest BCUT2D eigenvalue weighted by atomic mass is 10.1. The Morgan fingerprint density at radius 2 is 1.95 bits per heavy atom. The first-order valence-electron chi connectivity index (χ1n) is 7.64. The first kappa shape index (κ1) is 13.4. The van der Waals surface area contributed by atoms with Gasteiger partial charge in [0.25, 0.3) is 0 Å². The quantitative estimate of drug-likeness (QED) is 0.923. The van der Waals surface area contributed by atoms with Gasteiger partial charge in [0.2, 0.25) is 0 Å². The summed E-state index contributed by atoms with van der Waals surface area (Å²) in [7, 11) is 0. The van der Waals surface area contributed by atoms with Gasteiger partial charge in [0.15, 0.2) is 0 Å². The van der Waals surface area contributed by atoms with Crippen LogP contribution in [0.5, 0.6) is 0 Å². The Kier molecular flexibility index (Phi) is 3.19. The number of nitrogens with two attached hydrogens (primary N) is 1. The predicted molar refractivity (Wildman–Crippen MR) is 82.8 cm³/mol. The molecule has 0 bridgehead atoms. The number of anilines is 1. The molecule has 4 nitrogen and oxygen atoms in total. The highest BCUT2D eigenvalue weighted by molar-refractivity contribution is 5.91. The molecule has 1 atom stereocenters. The third-order valence-corrected chi connectivity index (χ3v) is 4.68. The summed E-state index contributed by atoms with van der Waals surface area (Å²) in [5, 5.41) is 1.04. The number of rotatable bonds is 4. The highest BCUT2D eigenvalue weighted by Gasteiger charge is 2.28. The van der Waals surface area contributed by atoms with E-state index in [4.69, 9.17) is 5.73 Å². The van der Waals surface area contributed by atoms with Gasteiger partial charge in [-0.25, -0.2) is 9.97 Å². The molecule has 2 aromatic rings. The van der Waals surface area contributed by atoms with Gasteiger partial charge >= 0.3 is 0 Å². The Labute approximate surface area is 120 Å². The van der Waals surface area contributed by atoms with Crippen molar-refractivity contribution in [2.45, 2.75) is 59.4 Å². The van der Waals surface area contributed by atoms with Gasteiger partial charge in [0.1, 0.15) is 17.3 Å². The predicted octanol–water partition coefficient (Wildman–Crippen LogP) is 3.69. The van der Waals surface area contributed by atoms with Crippen molar-refractivity contribution in [1.29, 1.82) is 0 Å². The smallest absolute Gasteiger partial charge is 0.146 e. The van der Waals surface area contributed by atoms with Crippen LogP contribution in [0.15, 0.2) is 0 Å². The van der Waals surface area contributed by atoms with Gasteiger partial charge in [0.05, 0.1) is 5.39 Å². The molecule has 108 valence electrons. The Morgan fingerprint density at radius 3 is 2.55 bits per heavy atom. The summed E-state index contributed by atoms with van der Waals surface area (Å²) in [5.74, 6) is 2.29. The molecule has 0 amide bonds. The van der Waals surface area contributed by atoms with Gasteiger partial charge < -0.3 is 10.3 Å². The van der Waals surface area contributed by atoms with E-state index in [1.165, 1.54) is 30.5 Å². The first-order valence-corrected chi connectivity index (χ1v) is 7.64. The minimum absolute atomic E-state index is 0.535. The fraction of sp³-hybridized carbons (Fsp3) is 0.625. The average Bonchev–Trinajstić information content (AvgIpc) is 3.16. The van der Waals surface area contributed by atoms with E-state index >= 15 is 0 Å². The molecule has 2 aromatic heterocycles. The maximum Gasteiger partial charge on any atom is 0.146 e. The molecule has 4 heteroatoms. The molecular formula is C16H24N4. The van der Waals surface area contributed by atoms with Crippen molar-refractivity contribution in [1.82, 2.24) is 14.5 Å². The fourth-order valence-corrected chi connectivity index (χ4v) is 3.27. The average molecular weight is 272 g/mol. The summed E-state index contributed by atoms with van der Waals surface area (Å²) in [6.45, 7) is 8.50. The molecule has 0 spiro atoms. The lowest BCUT2D eigenvalue weighted by Gasteiger charge is -2.20. The minimum atomic E-state index is 0.535. The number of hydrogen-bond donors (Lipinski definition) is 1. The second-order valence-corrected chi connectivity index (χ2v) is 6.18. The maximum absolute atomic E-state index is 6.13. The summed E-state index contributed by atoms with van der Waals surface area (Å²) in [4.78, 5) is 9.02. The summed E-state index contributed by atoms with van der Waals surface area (Å²) in [5.41, 5.74) is 9.68. The van der Waals surface area contributed by atoms with Crippen molar-refractivity contribution in [3.8, 4) is 0 Å². The van der Waals surface area contributed by atoms with Crippen LogP contribution in [-0.4, -0.2) is 14.5 Å². The zero-order chi connectivity index (χ0) is 14.4. The Bertz CT molecular complexity index is 652. The van der Waals surface area contributed by atoms with E-state index in [0.29, 0.717) is 11.9 Å². The number of fused-ring (bicyclic) bond motifs is 1. The third-order valence-electron chi connectivity index (χ3n) is 4.68. The molecule has 1 saturated carbocycles. The van der Waals surface area contributed by atoms with Crippen LogP contribution in [0.25, 0.3) is 11.0 Å². The lowest BCUT2D eigenvalue weighted by Crippen LogP contribution is -2.12. The van der Waals surface area contributed by atoms with E-state index in [-0.39, 0.29) is 0 Å². The highest BCUT2D eigenvalue weighted by atomic mass is 15.1. The van der Waals surface area contributed by atoms with Gasteiger partial charge in [0, 0.05) is 11.7 Å². The summed E-state index contributed by atoms with van der Waals surface area (Å²) in [6, 6.07) is 0.535. The van der Waals surface area contributed by atoms with Crippen molar-refractivity contribution in [3.05, 3.63) is 17.1 Å². The molecule has 0 saturated heterocycles. The molecule has 2 N–H and O–H groups in total. The van der Waals surface area contributed by atoms with E-state index in [0.717, 1.165) is 29.2 Å². The van der Waals surface area contributed by atoms with E-state index < -0.39 is 0 Å². The van der Waals surface area contributed by atoms with Crippen LogP contribution in [0, 0.1) is 26.7 Å². The number of hydrogen-bond acceptors (Lipinski definition) is 3. The van der Waals surface area contributed by atoms with Crippen LogP contribution in [0.4, 0.5) is 5.82 Å². The van der Waals surface area contributed by atoms with Crippen molar-refractivity contribution in [3.63, 3.8) is 0 Å². The molecule has 0 radical (unpaired) electrons. The molecule has 1 aliphatic rings. The number of nitrogens with zero attached hydrogens (tertiary/aromatic N) is 3. The zero-order valence-electron chi connectivity index (χ0n) is 12.9. The van der Waals surface area contributed by atoms with Crippen LogP contribution in [-0.2, 0) is 0 Å². The molecule has 1 fully saturated rings. The molecule has 0 aliphatic heterocycles. The van der Waals surface area contributed by atoms with E-state index in [2.05, 4.69) is 35.3 Å². The molecule has 1 aliphatic carbocycles. The van der Waals surface area contributed by atoms with Gasteiger partial charge in [-0.2, -0.15) is 0 Å². The molecule has 3 rings (SSSR count). The third kappa shape index (κ3) is 2.07. The summed E-state index contributed by atoms with van der Waals surface area (Å²) >= 11 is 0. The second-order valence-electron chi connectivity index (χ2n) is 6.18. The zero-order valence-corrected chi connectivity index (χ0v) is 12.9. The van der Waals surface area contributed by atoms with Crippen LogP contribution < -0.4 is 5.73 Å². The van der Waals surface area contributed by atoms with Crippen molar-refractivity contribution in [2.24, 2.45) is 5.92 Å². The van der Waals surface area contributed by atoms with Crippen LogP contribution >= 0.6 is 0 Å². The lowest BCUT2D eigenvalue weighted by molar-refractivity contribution is 0.431. The number of aryl methyl sites for hydroxylation is 2. The van der Waals surface area contributed by atoms with Crippen LogP contribution in [0.3, 0.4) is 0 Å². The largest absolute Gasteiger partial charge is 0.383 e. The summed E-state index contributed by atoms with van der Waals surface area (Å²) in [6.07, 6.45) is 5.20. The molecule has 1 unspecified atom stereocenters. The number of aromatic nitrogens is 3. The van der Waals surface area contributed by atoms with E-state index in [1.807, 2.05) is 6.92 Å². The summed E-state index contributed by atoms with van der Waals surface area (Å²) < 4.78 is 2.41. The Hall–Kier alpha value is -1.58. The Balaban J connectivity index is 2.20. The number of nitrogen functional groups attached to an aromatic ring is 1. The fourth-order valence-electron chi connectivity index (χ4n) is 3.27. The van der Waals surface area contributed by atoms with Gasteiger partial charge in [-0.3, -0.25) is 0 Å². The minimum Gasteiger partial charge on any atom is -0.383 e. The van der Waals surface area contributed by atoms with Gasteiger partial charge in [-0.15, -0.1) is 0 Å². The Morgan fingerprint density at radius 1 is 1.25 bits per heavy atom. The standard InChI is InChI=1S/C16H24N4/c1-5-13(8-12-6-7-12)20-10(3)9(2)14-15(17)18-11(4)19-16(14)20/h12-13H,5-8H2,1-4H3,(H2,17,18,19). The first-order chi connectivity index (χ1) is 9.52. The monoisotopic (exact) mass is 272 g/mol. The van der Waals surface area contributed by atoms with Crippen molar-refractivity contribution < 1.29 is 0 Å². The van der Waals surface area contributed by atoms with Crippen molar-refractivity contribution in [2.75, 3.05) is 5.73 Å². The maximum atomic E-state index is 6.13. The molecule has 20 heavy (non-hydrogen) atoms. The second kappa shape index (κ2) is 4.76. The van der Waals surface area contributed by atoms with E-state index in [9.17, 15) is 0 Å². The van der Waals surface area contributed by atoms with Crippen LogP contribution in [0.2, 0.25) is 0 Å². The SMILES string of the molecule is CCC(CC1CC1)n1c(C)c(C)c2c(N)nc(C)nc21. The van der Waals surface area contributed by atoms with Crippen LogP contribution in [0.1, 0.15) is 55.7 Å².